The fourth-order valence-corrected chi connectivity index (χ4v) is 2.10. The summed E-state index contributed by atoms with van der Waals surface area (Å²) < 4.78 is 0.386. The zero-order valence-corrected chi connectivity index (χ0v) is 11.9. The van der Waals surface area contributed by atoms with E-state index in [2.05, 4.69) is 26.2 Å². The minimum absolute atomic E-state index is 0.0474. The molecule has 0 aliphatic carbocycles. The number of hydrogen-bond donors (Lipinski definition) is 3. The molecule has 0 unspecified atom stereocenters. The van der Waals surface area contributed by atoms with Crippen LogP contribution in [0, 0.1) is 10.1 Å². The number of aromatic carboxylic acids is 1. The summed E-state index contributed by atoms with van der Waals surface area (Å²) in [4.78, 5) is 35.3. The molecule has 2 rings (SSSR count). The van der Waals surface area contributed by atoms with Gasteiger partial charge in [-0.3, -0.25) is 4.79 Å². The molecular formula is C12H8BrN3O5. The van der Waals surface area contributed by atoms with Gasteiger partial charge in [0.1, 0.15) is 0 Å². The lowest BCUT2D eigenvalue weighted by atomic mass is 10.2. The molecular weight excluding hydrogens is 346 g/mol. The van der Waals surface area contributed by atoms with E-state index in [1.54, 1.807) is 6.07 Å². The maximum Gasteiger partial charge on any atom is 0.337 e. The predicted octanol–water partition coefficient (Wildman–Crippen LogP) is 2.64. The van der Waals surface area contributed by atoms with Crippen LogP contribution in [0.25, 0.3) is 0 Å². The summed E-state index contributed by atoms with van der Waals surface area (Å²) in [7, 11) is 0. The van der Waals surface area contributed by atoms with Crippen LogP contribution < -0.4 is 5.32 Å². The van der Waals surface area contributed by atoms with Crippen LogP contribution in [0.4, 0.5) is 11.5 Å². The van der Waals surface area contributed by atoms with Crippen LogP contribution in [-0.4, -0.2) is 26.9 Å². The van der Waals surface area contributed by atoms with E-state index >= 15 is 0 Å². The molecule has 0 bridgehead atoms. The highest BCUT2D eigenvalue weighted by molar-refractivity contribution is 9.10. The third kappa shape index (κ3) is 3.08. The molecule has 1 aromatic heterocycles. The Bertz CT molecular complexity index is 740. The number of H-pyrrole nitrogens is 1. The molecule has 108 valence electrons. The number of halogens is 1. The Balaban J connectivity index is 2.31. The zero-order chi connectivity index (χ0) is 15.6. The second-order valence-corrected chi connectivity index (χ2v) is 4.79. The van der Waals surface area contributed by atoms with Gasteiger partial charge in [0.25, 0.3) is 5.91 Å². The minimum atomic E-state index is -1.20. The summed E-state index contributed by atoms with van der Waals surface area (Å²) in [5, 5.41) is 22.0. The summed E-state index contributed by atoms with van der Waals surface area (Å²) in [5.41, 5.74) is -0.0696. The summed E-state index contributed by atoms with van der Waals surface area (Å²) in [6.45, 7) is 0. The molecule has 1 aromatic carbocycles. The number of nitrogens with one attached hydrogen (secondary N) is 2. The number of aromatic amines is 1. The Morgan fingerprint density at radius 1 is 1.29 bits per heavy atom. The summed E-state index contributed by atoms with van der Waals surface area (Å²) in [6, 6.07) is 6.81. The van der Waals surface area contributed by atoms with Crippen molar-refractivity contribution in [1.82, 2.24) is 4.98 Å². The van der Waals surface area contributed by atoms with Gasteiger partial charge in [-0.1, -0.05) is 6.07 Å². The van der Waals surface area contributed by atoms with E-state index < -0.39 is 16.8 Å². The molecule has 9 heteroatoms. The average Bonchev–Trinajstić information content (AvgIpc) is 2.90. The van der Waals surface area contributed by atoms with E-state index in [0.29, 0.717) is 4.47 Å². The Kier molecular flexibility index (Phi) is 4.03. The Labute approximate surface area is 126 Å². The molecule has 21 heavy (non-hydrogen) atoms. The first kappa shape index (κ1) is 14.7. The maximum atomic E-state index is 12.0. The summed E-state index contributed by atoms with van der Waals surface area (Å²) in [6.07, 6.45) is 0. The van der Waals surface area contributed by atoms with Gasteiger partial charge in [-0.15, -0.1) is 0 Å². The number of carbonyl (C=O) groups excluding carboxylic acids is 1. The third-order valence-electron chi connectivity index (χ3n) is 2.59. The van der Waals surface area contributed by atoms with Crippen LogP contribution in [0.1, 0.15) is 20.8 Å². The number of nitro groups is 1. The number of carboxylic acids is 1. The van der Waals surface area contributed by atoms with Crippen LogP contribution in [0.3, 0.4) is 0 Å². The molecule has 0 spiro atoms. The average molecular weight is 354 g/mol. The van der Waals surface area contributed by atoms with Crippen LogP contribution in [-0.2, 0) is 0 Å². The van der Waals surface area contributed by atoms with Gasteiger partial charge in [0.05, 0.1) is 11.3 Å². The zero-order valence-electron chi connectivity index (χ0n) is 10.3. The largest absolute Gasteiger partial charge is 0.478 e. The summed E-state index contributed by atoms with van der Waals surface area (Å²) in [5.74, 6) is -2.22. The van der Waals surface area contributed by atoms with Crippen molar-refractivity contribution in [3.63, 3.8) is 0 Å². The first-order chi connectivity index (χ1) is 9.90. The number of anilines is 1. The quantitative estimate of drug-likeness (QED) is 0.575. The number of nitrogens with zero attached hydrogens (tertiary/aromatic N) is 1. The van der Waals surface area contributed by atoms with E-state index in [9.17, 15) is 19.7 Å². The fraction of sp³-hybridized carbons (Fsp3) is 0. The van der Waals surface area contributed by atoms with Crippen molar-refractivity contribution in [2.24, 2.45) is 0 Å². The highest BCUT2D eigenvalue weighted by Crippen LogP contribution is 2.27. The number of carboxylic acid groups (broad SMARTS) is 1. The van der Waals surface area contributed by atoms with Crippen molar-refractivity contribution in [1.29, 1.82) is 0 Å². The molecule has 2 aromatic rings. The molecule has 0 aliphatic heterocycles. The number of benzene rings is 1. The van der Waals surface area contributed by atoms with Crippen molar-refractivity contribution >= 4 is 39.3 Å². The number of carbonyl (C=O) groups is 2. The number of hydrogen-bond acceptors (Lipinski definition) is 4. The highest BCUT2D eigenvalue weighted by Gasteiger charge is 2.19. The Hall–Kier alpha value is -2.68. The van der Waals surface area contributed by atoms with Crippen LogP contribution in [0.5, 0.6) is 0 Å². The van der Waals surface area contributed by atoms with Gasteiger partial charge < -0.3 is 20.5 Å². The predicted molar refractivity (Wildman–Crippen MR) is 76.5 cm³/mol. The molecule has 0 atom stereocenters. The van der Waals surface area contributed by atoms with Crippen molar-refractivity contribution in [2.45, 2.75) is 0 Å². The lowest BCUT2D eigenvalue weighted by molar-refractivity contribution is -0.389. The van der Waals surface area contributed by atoms with Crippen molar-refractivity contribution in [3.8, 4) is 0 Å². The first-order valence-electron chi connectivity index (χ1n) is 5.56. The molecule has 1 amide bonds. The van der Waals surface area contributed by atoms with Gasteiger partial charge in [-0.25, -0.2) is 9.78 Å². The van der Waals surface area contributed by atoms with Crippen molar-refractivity contribution in [2.75, 3.05) is 5.32 Å². The van der Waals surface area contributed by atoms with E-state index in [1.165, 1.54) is 18.2 Å². The van der Waals surface area contributed by atoms with Gasteiger partial charge >= 0.3 is 11.8 Å². The SMILES string of the molecule is O=C(Nc1c(Br)cccc1C(=O)O)c1ccc([N+](=O)[O-])[nH]1. The standard InChI is InChI=1S/C12H8BrN3O5/c13-7-3-1-2-6(12(18)19)10(7)15-11(17)8-4-5-9(14-8)16(20)21/h1-5,14H,(H,15,17)(H,18,19). The third-order valence-corrected chi connectivity index (χ3v) is 3.26. The first-order valence-corrected chi connectivity index (χ1v) is 6.36. The molecule has 0 saturated heterocycles. The molecule has 8 nitrogen and oxygen atoms in total. The van der Waals surface area contributed by atoms with E-state index in [1.807, 2.05) is 0 Å². The van der Waals surface area contributed by atoms with Gasteiger partial charge in [-0.2, -0.15) is 0 Å². The summed E-state index contributed by atoms with van der Waals surface area (Å²) >= 11 is 3.15. The second kappa shape index (κ2) is 5.75. The highest BCUT2D eigenvalue weighted by atomic mass is 79.9. The lowest BCUT2D eigenvalue weighted by Gasteiger charge is -2.08. The van der Waals surface area contributed by atoms with Crippen molar-refractivity contribution in [3.05, 3.63) is 56.2 Å². The van der Waals surface area contributed by atoms with Gasteiger partial charge in [0, 0.05) is 10.5 Å². The molecule has 0 fully saturated rings. The van der Waals surface area contributed by atoms with E-state index in [4.69, 9.17) is 5.11 Å². The second-order valence-electron chi connectivity index (χ2n) is 3.94. The Morgan fingerprint density at radius 2 is 2.00 bits per heavy atom. The Morgan fingerprint density at radius 3 is 2.57 bits per heavy atom. The number of para-hydroxylation sites is 1. The van der Waals surface area contributed by atoms with Crippen molar-refractivity contribution < 1.29 is 19.6 Å². The minimum Gasteiger partial charge on any atom is -0.478 e. The normalized spacial score (nSPS) is 10.1. The van der Waals surface area contributed by atoms with Gasteiger partial charge in [0.2, 0.25) is 0 Å². The molecule has 0 aliphatic rings. The van der Waals surface area contributed by atoms with Gasteiger partial charge in [-0.05, 0) is 39.1 Å². The van der Waals surface area contributed by atoms with Crippen LogP contribution >= 0.6 is 15.9 Å². The molecule has 3 N–H and O–H groups in total. The lowest BCUT2D eigenvalue weighted by Crippen LogP contribution is -2.15. The fourth-order valence-electron chi connectivity index (χ4n) is 1.63. The maximum absolute atomic E-state index is 12.0. The number of amides is 1. The molecule has 0 radical (unpaired) electrons. The van der Waals surface area contributed by atoms with E-state index in [0.717, 1.165) is 6.07 Å². The van der Waals surface area contributed by atoms with E-state index in [-0.39, 0.29) is 22.8 Å². The topological polar surface area (TPSA) is 125 Å². The monoisotopic (exact) mass is 353 g/mol. The smallest absolute Gasteiger partial charge is 0.337 e. The molecule has 0 saturated carbocycles. The number of rotatable bonds is 4. The number of aromatic nitrogens is 1. The molecule has 1 heterocycles. The van der Waals surface area contributed by atoms with Gasteiger partial charge in [0.15, 0.2) is 5.69 Å². The van der Waals surface area contributed by atoms with Crippen LogP contribution in [0.15, 0.2) is 34.8 Å². The van der Waals surface area contributed by atoms with Crippen LogP contribution in [0.2, 0.25) is 0 Å².